The number of halogens is 2. The van der Waals surface area contributed by atoms with Gasteiger partial charge in [-0.05, 0) is 25.1 Å². The highest BCUT2D eigenvalue weighted by molar-refractivity contribution is 6.36. The molecule has 1 aliphatic rings. The minimum atomic E-state index is -0.107. The number of aromatic nitrogens is 3. The van der Waals surface area contributed by atoms with E-state index in [2.05, 4.69) is 22.0 Å². The first-order valence-corrected chi connectivity index (χ1v) is 7.34. The molecule has 1 fully saturated rings. The van der Waals surface area contributed by atoms with Crippen LogP contribution in [0.4, 0.5) is 5.95 Å². The average Bonchev–Trinajstić information content (AvgIpc) is 2.77. The monoisotopic (exact) mass is 326 g/mol. The van der Waals surface area contributed by atoms with Gasteiger partial charge in [-0.2, -0.15) is 0 Å². The zero-order valence-electron chi connectivity index (χ0n) is 12.1. The van der Waals surface area contributed by atoms with E-state index < -0.39 is 0 Å². The van der Waals surface area contributed by atoms with E-state index in [0.29, 0.717) is 10.0 Å². The molecule has 21 heavy (non-hydrogen) atoms. The van der Waals surface area contributed by atoms with Crippen molar-refractivity contribution in [3.63, 3.8) is 0 Å². The molecular weight excluding hydrogens is 311 g/mol. The van der Waals surface area contributed by atoms with Gasteiger partial charge in [-0.3, -0.25) is 4.57 Å². The largest absolute Gasteiger partial charge is 0.375 e. The molecule has 0 aliphatic carbocycles. The second-order valence-corrected chi connectivity index (χ2v) is 6.36. The van der Waals surface area contributed by atoms with Gasteiger partial charge >= 0.3 is 0 Å². The molecule has 2 aromatic rings. The van der Waals surface area contributed by atoms with Crippen LogP contribution in [0, 0.1) is 0 Å². The fourth-order valence-electron chi connectivity index (χ4n) is 2.53. The summed E-state index contributed by atoms with van der Waals surface area (Å²) in [5.74, 6) is 1.53. The van der Waals surface area contributed by atoms with Crippen LogP contribution in [0.3, 0.4) is 0 Å². The minimum absolute atomic E-state index is 0.107. The van der Waals surface area contributed by atoms with E-state index in [1.165, 1.54) is 0 Å². The van der Waals surface area contributed by atoms with Crippen LogP contribution in [-0.4, -0.2) is 40.6 Å². The molecule has 0 N–H and O–H groups in total. The molecule has 7 heteroatoms. The van der Waals surface area contributed by atoms with Crippen molar-refractivity contribution in [3.8, 4) is 11.4 Å². The van der Waals surface area contributed by atoms with E-state index in [1.807, 2.05) is 17.7 Å². The lowest BCUT2D eigenvalue weighted by atomic mass is 9.97. The number of hydrogen-bond donors (Lipinski definition) is 0. The summed E-state index contributed by atoms with van der Waals surface area (Å²) in [7, 11) is 3.66. The van der Waals surface area contributed by atoms with Crippen molar-refractivity contribution >= 4 is 29.2 Å². The standard InChI is InChI=1S/C14H16Cl2N4O/c1-14(21-3)7-20(8-14)13-18-17-12(19(13)2)10-5-4-9(15)6-11(10)16/h4-6H,7-8H2,1-3H3. The van der Waals surface area contributed by atoms with E-state index in [-0.39, 0.29) is 5.60 Å². The third-order valence-corrected chi connectivity index (χ3v) is 4.40. The highest BCUT2D eigenvalue weighted by Crippen LogP contribution is 2.33. The summed E-state index contributed by atoms with van der Waals surface area (Å²) in [5.41, 5.74) is 0.710. The van der Waals surface area contributed by atoms with Gasteiger partial charge in [-0.15, -0.1) is 10.2 Å². The van der Waals surface area contributed by atoms with Crippen molar-refractivity contribution < 1.29 is 4.74 Å². The maximum Gasteiger partial charge on any atom is 0.227 e. The van der Waals surface area contributed by atoms with Gasteiger partial charge in [-0.1, -0.05) is 23.2 Å². The van der Waals surface area contributed by atoms with E-state index in [1.54, 1.807) is 19.2 Å². The van der Waals surface area contributed by atoms with Crippen molar-refractivity contribution in [1.82, 2.24) is 14.8 Å². The fourth-order valence-corrected chi connectivity index (χ4v) is 3.03. The number of methoxy groups -OCH3 is 1. The van der Waals surface area contributed by atoms with Gasteiger partial charge in [0.1, 0.15) is 5.60 Å². The molecule has 3 rings (SSSR count). The molecule has 112 valence electrons. The molecule has 1 aromatic heterocycles. The predicted molar refractivity (Wildman–Crippen MR) is 84.1 cm³/mol. The molecule has 0 amide bonds. The Bertz CT molecular complexity index is 680. The van der Waals surface area contributed by atoms with Crippen LogP contribution in [0.25, 0.3) is 11.4 Å². The van der Waals surface area contributed by atoms with Gasteiger partial charge in [0.15, 0.2) is 5.82 Å². The molecule has 2 heterocycles. The molecule has 0 spiro atoms. The number of ether oxygens (including phenoxy) is 1. The topological polar surface area (TPSA) is 43.2 Å². The Morgan fingerprint density at radius 1 is 1.24 bits per heavy atom. The molecule has 1 saturated heterocycles. The second kappa shape index (κ2) is 5.16. The van der Waals surface area contributed by atoms with Crippen molar-refractivity contribution in [1.29, 1.82) is 0 Å². The van der Waals surface area contributed by atoms with Gasteiger partial charge in [-0.25, -0.2) is 0 Å². The zero-order chi connectivity index (χ0) is 15.2. The number of benzene rings is 1. The van der Waals surface area contributed by atoms with E-state index in [9.17, 15) is 0 Å². The van der Waals surface area contributed by atoms with Crippen LogP contribution in [0.5, 0.6) is 0 Å². The van der Waals surface area contributed by atoms with Crippen molar-refractivity contribution in [3.05, 3.63) is 28.2 Å². The normalized spacial score (nSPS) is 16.9. The lowest BCUT2D eigenvalue weighted by Gasteiger charge is -2.46. The molecule has 0 bridgehead atoms. The van der Waals surface area contributed by atoms with Gasteiger partial charge in [0.25, 0.3) is 0 Å². The summed E-state index contributed by atoms with van der Waals surface area (Å²) in [6.07, 6.45) is 0. The first-order valence-electron chi connectivity index (χ1n) is 6.58. The fraction of sp³-hybridized carbons (Fsp3) is 0.429. The summed E-state index contributed by atoms with van der Waals surface area (Å²) in [6, 6.07) is 5.36. The van der Waals surface area contributed by atoms with Crippen molar-refractivity contribution in [2.24, 2.45) is 7.05 Å². The molecule has 0 radical (unpaired) electrons. The number of rotatable bonds is 3. The highest BCUT2D eigenvalue weighted by atomic mass is 35.5. The zero-order valence-corrected chi connectivity index (χ0v) is 13.6. The third kappa shape index (κ3) is 2.50. The Balaban J connectivity index is 1.90. The van der Waals surface area contributed by atoms with Gasteiger partial charge in [0.05, 0.1) is 18.1 Å². The van der Waals surface area contributed by atoms with Gasteiger partial charge < -0.3 is 9.64 Å². The molecule has 0 atom stereocenters. The molecule has 1 aliphatic heterocycles. The number of nitrogens with zero attached hydrogens (tertiary/aromatic N) is 4. The molecule has 0 unspecified atom stereocenters. The minimum Gasteiger partial charge on any atom is -0.375 e. The lowest BCUT2D eigenvalue weighted by Crippen LogP contribution is -2.61. The smallest absolute Gasteiger partial charge is 0.227 e. The second-order valence-electron chi connectivity index (χ2n) is 5.52. The molecule has 5 nitrogen and oxygen atoms in total. The van der Waals surface area contributed by atoms with Crippen molar-refractivity contribution in [2.45, 2.75) is 12.5 Å². The van der Waals surface area contributed by atoms with E-state index in [0.717, 1.165) is 30.4 Å². The number of hydrogen-bond acceptors (Lipinski definition) is 4. The van der Waals surface area contributed by atoms with Crippen molar-refractivity contribution in [2.75, 3.05) is 25.1 Å². The summed E-state index contributed by atoms with van der Waals surface area (Å²) in [4.78, 5) is 2.13. The summed E-state index contributed by atoms with van der Waals surface area (Å²) in [5, 5.41) is 9.69. The SMILES string of the molecule is COC1(C)CN(c2nnc(-c3ccc(Cl)cc3Cl)n2C)C1. The Morgan fingerprint density at radius 3 is 2.57 bits per heavy atom. The van der Waals surface area contributed by atoms with Gasteiger partial charge in [0, 0.05) is 24.7 Å². The summed E-state index contributed by atoms with van der Waals surface area (Å²) in [6.45, 7) is 3.67. The first kappa shape index (κ1) is 14.6. The average molecular weight is 327 g/mol. The van der Waals surface area contributed by atoms with Crippen LogP contribution < -0.4 is 4.90 Å². The van der Waals surface area contributed by atoms with E-state index in [4.69, 9.17) is 27.9 Å². The number of anilines is 1. The predicted octanol–water partition coefficient (Wildman–Crippen LogP) is 3.01. The van der Waals surface area contributed by atoms with Crippen LogP contribution in [-0.2, 0) is 11.8 Å². The van der Waals surface area contributed by atoms with Crippen LogP contribution in [0.15, 0.2) is 18.2 Å². The van der Waals surface area contributed by atoms with E-state index >= 15 is 0 Å². The Hall–Kier alpha value is -1.30. The van der Waals surface area contributed by atoms with Crippen LogP contribution in [0.1, 0.15) is 6.92 Å². The molecular formula is C14H16Cl2N4O. The Kier molecular flexibility index (Phi) is 3.59. The maximum absolute atomic E-state index is 6.24. The summed E-state index contributed by atoms with van der Waals surface area (Å²) < 4.78 is 7.39. The van der Waals surface area contributed by atoms with Crippen LogP contribution in [0.2, 0.25) is 10.0 Å². The van der Waals surface area contributed by atoms with Crippen LogP contribution >= 0.6 is 23.2 Å². The Morgan fingerprint density at radius 2 is 1.95 bits per heavy atom. The molecule has 0 saturated carbocycles. The molecule has 1 aromatic carbocycles. The Labute approximate surface area is 133 Å². The third-order valence-electron chi connectivity index (χ3n) is 3.85. The highest BCUT2D eigenvalue weighted by Gasteiger charge is 2.41. The first-order chi connectivity index (χ1) is 9.93. The lowest BCUT2D eigenvalue weighted by molar-refractivity contribution is -0.0177. The summed E-state index contributed by atoms with van der Waals surface area (Å²) >= 11 is 12.2. The quantitative estimate of drug-likeness (QED) is 0.869. The maximum atomic E-state index is 6.24. The van der Waals surface area contributed by atoms with Gasteiger partial charge in [0.2, 0.25) is 5.95 Å².